The highest BCUT2D eigenvalue weighted by molar-refractivity contribution is 5.42. The van der Waals surface area contributed by atoms with Crippen molar-refractivity contribution in [1.82, 2.24) is 9.55 Å². The third kappa shape index (κ3) is 3.04. The number of hydrogen-bond donors (Lipinski definition) is 1. The zero-order valence-corrected chi connectivity index (χ0v) is 12.8. The molecule has 0 amide bonds. The van der Waals surface area contributed by atoms with E-state index in [0.29, 0.717) is 0 Å². The van der Waals surface area contributed by atoms with E-state index in [2.05, 4.69) is 40.1 Å². The minimum Gasteiger partial charge on any atom is -0.493 e. The molecule has 3 rings (SSSR count). The van der Waals surface area contributed by atoms with Crippen LogP contribution in [-0.2, 0) is 6.54 Å². The average molecular weight is 285 g/mol. The number of ether oxygens (including phenoxy) is 1. The number of benzene rings is 1. The second kappa shape index (κ2) is 6.20. The van der Waals surface area contributed by atoms with Gasteiger partial charge in [0.15, 0.2) is 0 Å². The first kappa shape index (κ1) is 14.0. The summed E-state index contributed by atoms with van der Waals surface area (Å²) in [6, 6.07) is 8.54. The lowest BCUT2D eigenvalue weighted by atomic mass is 10.0. The van der Waals surface area contributed by atoms with Crippen LogP contribution in [0.15, 0.2) is 30.5 Å². The molecule has 4 heteroatoms. The van der Waals surface area contributed by atoms with Gasteiger partial charge in [-0.15, -0.1) is 0 Å². The van der Waals surface area contributed by atoms with Gasteiger partial charge in [-0.05, 0) is 19.4 Å². The minimum absolute atomic E-state index is 0.275. The SMILES string of the molecule is CCCCn1cc(C)nc1NC1CCOc2ccccc21. The van der Waals surface area contributed by atoms with Gasteiger partial charge in [0, 0.05) is 24.7 Å². The van der Waals surface area contributed by atoms with Crippen LogP contribution in [0.2, 0.25) is 0 Å². The summed E-state index contributed by atoms with van der Waals surface area (Å²) in [7, 11) is 0. The number of unbranched alkanes of at least 4 members (excludes halogenated alkanes) is 1. The molecule has 0 spiro atoms. The molecular formula is C17H23N3O. The molecule has 21 heavy (non-hydrogen) atoms. The fourth-order valence-electron chi connectivity index (χ4n) is 2.81. The Labute approximate surface area is 126 Å². The number of aryl methyl sites for hydroxylation is 2. The topological polar surface area (TPSA) is 39.1 Å². The van der Waals surface area contributed by atoms with Crippen LogP contribution in [0.25, 0.3) is 0 Å². The number of anilines is 1. The monoisotopic (exact) mass is 285 g/mol. The maximum absolute atomic E-state index is 5.72. The normalized spacial score (nSPS) is 17.1. The molecule has 1 N–H and O–H groups in total. The van der Waals surface area contributed by atoms with Gasteiger partial charge in [-0.2, -0.15) is 0 Å². The second-order valence-electron chi connectivity index (χ2n) is 5.62. The zero-order chi connectivity index (χ0) is 14.7. The summed E-state index contributed by atoms with van der Waals surface area (Å²) in [5.41, 5.74) is 2.29. The Bertz CT molecular complexity index is 606. The van der Waals surface area contributed by atoms with Crippen molar-refractivity contribution in [1.29, 1.82) is 0 Å². The standard InChI is InChI=1S/C17H23N3O/c1-3-4-10-20-12-13(2)18-17(20)19-15-9-11-21-16-8-6-5-7-14(15)16/h5-8,12,15H,3-4,9-11H2,1-2H3,(H,18,19). The third-order valence-electron chi connectivity index (χ3n) is 3.91. The quantitative estimate of drug-likeness (QED) is 0.904. The van der Waals surface area contributed by atoms with Crippen LogP contribution in [0.3, 0.4) is 0 Å². The lowest BCUT2D eigenvalue weighted by Gasteiger charge is -2.27. The molecule has 0 fully saturated rings. The molecule has 4 nitrogen and oxygen atoms in total. The predicted molar refractivity (Wildman–Crippen MR) is 84.8 cm³/mol. The Kier molecular flexibility index (Phi) is 4.13. The summed E-state index contributed by atoms with van der Waals surface area (Å²) in [6.45, 7) is 6.03. The Balaban J connectivity index is 1.81. The number of aromatic nitrogens is 2. The minimum atomic E-state index is 0.275. The molecule has 0 aliphatic carbocycles. The van der Waals surface area contributed by atoms with Crippen LogP contribution in [0, 0.1) is 6.92 Å². The first-order valence-corrected chi connectivity index (χ1v) is 7.80. The molecule has 1 aromatic carbocycles. The van der Waals surface area contributed by atoms with E-state index in [9.17, 15) is 0 Å². The van der Waals surface area contributed by atoms with Crippen molar-refractivity contribution in [3.05, 3.63) is 41.7 Å². The highest BCUT2D eigenvalue weighted by Crippen LogP contribution is 2.33. The Morgan fingerprint density at radius 2 is 2.24 bits per heavy atom. The van der Waals surface area contributed by atoms with Gasteiger partial charge in [0.05, 0.1) is 18.3 Å². The molecular weight excluding hydrogens is 262 g/mol. The third-order valence-corrected chi connectivity index (χ3v) is 3.91. The molecule has 2 heterocycles. The number of nitrogens with one attached hydrogen (secondary N) is 1. The van der Waals surface area contributed by atoms with Crippen molar-refractivity contribution in [3.63, 3.8) is 0 Å². The Hall–Kier alpha value is -1.97. The first-order valence-electron chi connectivity index (χ1n) is 7.80. The van der Waals surface area contributed by atoms with E-state index in [0.717, 1.165) is 37.0 Å². The lowest BCUT2D eigenvalue weighted by Crippen LogP contribution is -2.22. The number of rotatable bonds is 5. The molecule has 0 radical (unpaired) electrons. The van der Waals surface area contributed by atoms with E-state index in [1.807, 2.05) is 19.1 Å². The highest BCUT2D eigenvalue weighted by Gasteiger charge is 2.22. The molecule has 2 aromatic rings. The van der Waals surface area contributed by atoms with Crippen molar-refractivity contribution in [2.45, 2.75) is 45.7 Å². The fourth-order valence-corrected chi connectivity index (χ4v) is 2.81. The van der Waals surface area contributed by atoms with Crippen molar-refractivity contribution in [2.75, 3.05) is 11.9 Å². The summed E-state index contributed by atoms with van der Waals surface area (Å²) in [5.74, 6) is 1.97. The molecule has 1 aromatic heterocycles. The van der Waals surface area contributed by atoms with Crippen LogP contribution in [0.5, 0.6) is 5.75 Å². The maximum Gasteiger partial charge on any atom is 0.203 e. The van der Waals surface area contributed by atoms with Gasteiger partial charge < -0.3 is 14.6 Å². The van der Waals surface area contributed by atoms with Gasteiger partial charge in [0.25, 0.3) is 0 Å². The predicted octanol–water partition coefficient (Wildman–Crippen LogP) is 3.93. The summed E-state index contributed by atoms with van der Waals surface area (Å²) in [6.07, 6.45) is 5.46. The average Bonchev–Trinajstić information content (AvgIpc) is 2.85. The molecule has 0 saturated carbocycles. The van der Waals surface area contributed by atoms with Gasteiger partial charge in [-0.3, -0.25) is 0 Å². The molecule has 0 saturated heterocycles. The number of nitrogens with zero attached hydrogens (tertiary/aromatic N) is 2. The van der Waals surface area contributed by atoms with E-state index >= 15 is 0 Å². The molecule has 1 atom stereocenters. The van der Waals surface area contributed by atoms with Crippen molar-refractivity contribution in [3.8, 4) is 5.75 Å². The Morgan fingerprint density at radius 3 is 3.10 bits per heavy atom. The van der Waals surface area contributed by atoms with E-state index < -0.39 is 0 Å². The molecule has 112 valence electrons. The summed E-state index contributed by atoms with van der Waals surface area (Å²) >= 11 is 0. The highest BCUT2D eigenvalue weighted by atomic mass is 16.5. The maximum atomic E-state index is 5.72. The van der Waals surface area contributed by atoms with Crippen LogP contribution >= 0.6 is 0 Å². The van der Waals surface area contributed by atoms with Crippen LogP contribution in [-0.4, -0.2) is 16.2 Å². The largest absolute Gasteiger partial charge is 0.493 e. The van der Waals surface area contributed by atoms with E-state index in [4.69, 9.17) is 4.74 Å². The van der Waals surface area contributed by atoms with Crippen molar-refractivity contribution >= 4 is 5.95 Å². The van der Waals surface area contributed by atoms with Gasteiger partial charge in [-0.1, -0.05) is 31.5 Å². The zero-order valence-electron chi connectivity index (χ0n) is 12.8. The summed E-state index contributed by atoms with van der Waals surface area (Å²) in [5, 5.41) is 3.61. The second-order valence-corrected chi connectivity index (χ2v) is 5.62. The number of imidazole rings is 1. The summed E-state index contributed by atoms with van der Waals surface area (Å²) < 4.78 is 7.96. The van der Waals surface area contributed by atoms with E-state index in [1.54, 1.807) is 0 Å². The first-order chi connectivity index (χ1) is 10.3. The van der Waals surface area contributed by atoms with Gasteiger partial charge in [-0.25, -0.2) is 4.98 Å². The number of para-hydroxylation sites is 1. The van der Waals surface area contributed by atoms with Crippen LogP contribution in [0.4, 0.5) is 5.95 Å². The smallest absolute Gasteiger partial charge is 0.203 e. The van der Waals surface area contributed by atoms with E-state index in [-0.39, 0.29) is 6.04 Å². The fraction of sp³-hybridized carbons (Fsp3) is 0.471. The van der Waals surface area contributed by atoms with Crippen LogP contribution < -0.4 is 10.1 Å². The van der Waals surface area contributed by atoms with Crippen LogP contribution in [0.1, 0.15) is 43.5 Å². The van der Waals surface area contributed by atoms with Gasteiger partial charge in [0.2, 0.25) is 5.95 Å². The molecule has 1 aliphatic rings. The van der Waals surface area contributed by atoms with Crippen molar-refractivity contribution in [2.24, 2.45) is 0 Å². The number of fused-ring (bicyclic) bond motifs is 1. The lowest BCUT2D eigenvalue weighted by molar-refractivity contribution is 0.274. The Morgan fingerprint density at radius 1 is 1.38 bits per heavy atom. The number of hydrogen-bond acceptors (Lipinski definition) is 3. The van der Waals surface area contributed by atoms with Gasteiger partial charge >= 0.3 is 0 Å². The molecule has 0 bridgehead atoms. The molecule has 1 unspecified atom stereocenters. The van der Waals surface area contributed by atoms with Gasteiger partial charge in [0.1, 0.15) is 5.75 Å². The summed E-state index contributed by atoms with van der Waals surface area (Å²) in [4.78, 5) is 4.64. The molecule has 1 aliphatic heterocycles. The van der Waals surface area contributed by atoms with Crippen molar-refractivity contribution < 1.29 is 4.74 Å². The van der Waals surface area contributed by atoms with E-state index in [1.165, 1.54) is 18.4 Å².